The predicted octanol–water partition coefficient (Wildman–Crippen LogP) is 6.17. The Balaban J connectivity index is 1.79. The van der Waals surface area contributed by atoms with Crippen LogP contribution >= 0.6 is 11.6 Å². The maximum Gasteiger partial charge on any atom is 0.176 e. The number of nitrogens with zero attached hydrogens (tertiary/aromatic N) is 1. The van der Waals surface area contributed by atoms with Gasteiger partial charge in [0.25, 0.3) is 0 Å². The predicted molar refractivity (Wildman–Crippen MR) is 123 cm³/mol. The van der Waals surface area contributed by atoms with Crippen molar-refractivity contribution in [1.29, 1.82) is 0 Å². The molecule has 0 unspecified atom stereocenters. The standard InChI is InChI=1S/C26H20ClNO3/c1-31-23-13-18(12-21(27)25(23)30)17-7-8-22-19(11-17)24(16-5-3-2-4-6-16)20(14-28-22)26(15-29)9-10-26/h2-8,11-15,30H,9-10H2,1H3. The van der Waals surface area contributed by atoms with E-state index in [4.69, 9.17) is 16.3 Å². The zero-order valence-electron chi connectivity index (χ0n) is 16.9. The number of pyridine rings is 1. The number of rotatable bonds is 5. The van der Waals surface area contributed by atoms with E-state index in [-0.39, 0.29) is 10.8 Å². The number of methoxy groups -OCH3 is 1. The van der Waals surface area contributed by atoms with E-state index in [0.29, 0.717) is 5.75 Å². The van der Waals surface area contributed by atoms with Gasteiger partial charge in [-0.3, -0.25) is 4.98 Å². The van der Waals surface area contributed by atoms with Crippen LogP contribution in [-0.4, -0.2) is 23.5 Å². The molecule has 4 aromatic rings. The van der Waals surface area contributed by atoms with Crippen LogP contribution in [0.3, 0.4) is 0 Å². The molecule has 1 aliphatic rings. The Morgan fingerprint density at radius 1 is 1.03 bits per heavy atom. The highest BCUT2D eigenvalue weighted by Gasteiger charge is 2.46. The minimum absolute atomic E-state index is 0.0794. The highest BCUT2D eigenvalue weighted by Crippen LogP contribution is 2.51. The third-order valence-corrected chi connectivity index (χ3v) is 6.35. The van der Waals surface area contributed by atoms with Gasteiger partial charge in [-0.2, -0.15) is 0 Å². The Hall–Kier alpha value is -3.37. The Morgan fingerprint density at radius 3 is 2.48 bits per heavy atom. The summed E-state index contributed by atoms with van der Waals surface area (Å²) >= 11 is 6.22. The number of hydrogen-bond donors (Lipinski definition) is 1. The molecule has 0 radical (unpaired) electrons. The van der Waals surface area contributed by atoms with Gasteiger partial charge in [0, 0.05) is 11.6 Å². The minimum atomic E-state index is -0.451. The van der Waals surface area contributed by atoms with Gasteiger partial charge < -0.3 is 14.6 Å². The molecule has 1 fully saturated rings. The van der Waals surface area contributed by atoms with Crippen molar-refractivity contribution in [2.24, 2.45) is 0 Å². The number of carbonyl (C=O) groups is 1. The fourth-order valence-electron chi connectivity index (χ4n) is 4.15. The molecule has 1 saturated carbocycles. The molecule has 5 rings (SSSR count). The molecule has 0 spiro atoms. The monoisotopic (exact) mass is 429 g/mol. The topological polar surface area (TPSA) is 59.4 Å². The lowest BCUT2D eigenvalue weighted by Gasteiger charge is -2.18. The van der Waals surface area contributed by atoms with E-state index in [0.717, 1.165) is 57.8 Å². The van der Waals surface area contributed by atoms with Gasteiger partial charge in [0.15, 0.2) is 11.5 Å². The number of ether oxygens (including phenoxy) is 1. The Bertz CT molecular complexity index is 1310. The summed E-state index contributed by atoms with van der Waals surface area (Å²) in [6.45, 7) is 0. The molecule has 3 aromatic carbocycles. The summed E-state index contributed by atoms with van der Waals surface area (Å²) in [5.74, 6) is 0.236. The molecule has 1 aliphatic carbocycles. The summed E-state index contributed by atoms with van der Waals surface area (Å²) in [6.07, 6.45) is 4.60. The van der Waals surface area contributed by atoms with Gasteiger partial charge in [0.05, 0.1) is 23.1 Å². The summed E-state index contributed by atoms with van der Waals surface area (Å²) in [4.78, 5) is 16.6. The first-order chi connectivity index (χ1) is 15.1. The van der Waals surface area contributed by atoms with Crippen LogP contribution in [0.2, 0.25) is 5.02 Å². The van der Waals surface area contributed by atoms with Crippen molar-refractivity contribution in [2.75, 3.05) is 7.11 Å². The number of phenolic OH excluding ortho intramolecular Hbond substituents is 1. The zero-order valence-corrected chi connectivity index (χ0v) is 17.7. The molecule has 0 aliphatic heterocycles. The summed E-state index contributed by atoms with van der Waals surface area (Å²) in [6, 6.07) is 19.6. The van der Waals surface area contributed by atoms with E-state index in [1.165, 1.54) is 7.11 Å². The van der Waals surface area contributed by atoms with Crippen LogP contribution < -0.4 is 4.74 Å². The number of halogens is 1. The van der Waals surface area contributed by atoms with Crippen LogP contribution in [0.1, 0.15) is 18.4 Å². The van der Waals surface area contributed by atoms with Crippen LogP contribution in [0.5, 0.6) is 11.5 Å². The van der Waals surface area contributed by atoms with Crippen molar-refractivity contribution < 1.29 is 14.6 Å². The summed E-state index contributed by atoms with van der Waals surface area (Å²) in [5, 5.41) is 11.3. The molecule has 1 aromatic heterocycles. The molecular formula is C26H20ClNO3. The lowest BCUT2D eigenvalue weighted by Crippen LogP contribution is -2.10. The van der Waals surface area contributed by atoms with E-state index in [2.05, 4.69) is 23.2 Å². The van der Waals surface area contributed by atoms with Crippen LogP contribution in [-0.2, 0) is 10.2 Å². The zero-order chi connectivity index (χ0) is 21.6. The maximum atomic E-state index is 12.0. The van der Waals surface area contributed by atoms with Crippen LogP contribution in [0.15, 0.2) is 66.9 Å². The normalized spacial score (nSPS) is 14.4. The Kier molecular flexibility index (Phi) is 4.67. The van der Waals surface area contributed by atoms with Gasteiger partial charge in [-0.25, -0.2) is 0 Å². The fraction of sp³-hybridized carbons (Fsp3) is 0.154. The third-order valence-electron chi connectivity index (χ3n) is 6.06. The molecule has 0 bridgehead atoms. The lowest BCUT2D eigenvalue weighted by molar-refractivity contribution is -0.109. The van der Waals surface area contributed by atoms with E-state index in [9.17, 15) is 9.90 Å². The van der Waals surface area contributed by atoms with Gasteiger partial charge in [0.1, 0.15) is 6.29 Å². The second-order valence-corrected chi connectivity index (χ2v) is 8.33. The first-order valence-electron chi connectivity index (χ1n) is 10.1. The van der Waals surface area contributed by atoms with Crippen LogP contribution in [0, 0.1) is 0 Å². The summed E-state index contributed by atoms with van der Waals surface area (Å²) in [5.41, 5.74) is 5.20. The van der Waals surface area contributed by atoms with E-state index < -0.39 is 5.41 Å². The summed E-state index contributed by atoms with van der Waals surface area (Å²) < 4.78 is 5.27. The van der Waals surface area contributed by atoms with Crippen molar-refractivity contribution in [2.45, 2.75) is 18.3 Å². The van der Waals surface area contributed by atoms with E-state index >= 15 is 0 Å². The molecule has 154 valence electrons. The van der Waals surface area contributed by atoms with Gasteiger partial charge in [-0.1, -0.05) is 48.0 Å². The second kappa shape index (κ2) is 7.40. The quantitative estimate of drug-likeness (QED) is 0.385. The maximum absolute atomic E-state index is 12.0. The number of carbonyl (C=O) groups excluding carboxylic acids is 1. The van der Waals surface area contributed by atoms with Crippen molar-refractivity contribution in [3.63, 3.8) is 0 Å². The van der Waals surface area contributed by atoms with Crippen molar-refractivity contribution in [1.82, 2.24) is 4.98 Å². The van der Waals surface area contributed by atoms with Crippen molar-refractivity contribution in [3.8, 4) is 33.8 Å². The highest BCUT2D eigenvalue weighted by molar-refractivity contribution is 6.32. The van der Waals surface area contributed by atoms with Crippen molar-refractivity contribution >= 4 is 28.8 Å². The number of benzene rings is 3. The van der Waals surface area contributed by atoms with Crippen molar-refractivity contribution in [3.05, 3.63) is 77.4 Å². The minimum Gasteiger partial charge on any atom is -0.503 e. The first kappa shape index (κ1) is 19.6. The van der Waals surface area contributed by atoms with Crippen LogP contribution in [0.25, 0.3) is 33.2 Å². The smallest absolute Gasteiger partial charge is 0.176 e. The SMILES string of the molecule is COc1cc(-c2ccc3ncc(C4(C=O)CC4)c(-c4ccccc4)c3c2)cc(Cl)c1O. The average molecular weight is 430 g/mol. The third kappa shape index (κ3) is 3.24. The number of aromatic nitrogens is 1. The Labute approximate surface area is 185 Å². The molecular weight excluding hydrogens is 410 g/mol. The largest absolute Gasteiger partial charge is 0.503 e. The number of aldehydes is 1. The second-order valence-electron chi connectivity index (χ2n) is 7.93. The Morgan fingerprint density at radius 2 is 1.81 bits per heavy atom. The fourth-order valence-corrected chi connectivity index (χ4v) is 4.36. The number of fused-ring (bicyclic) bond motifs is 1. The highest BCUT2D eigenvalue weighted by atomic mass is 35.5. The molecule has 31 heavy (non-hydrogen) atoms. The molecule has 4 nitrogen and oxygen atoms in total. The molecule has 1 heterocycles. The molecule has 0 saturated heterocycles. The van der Waals surface area contributed by atoms with Gasteiger partial charge in [-0.05, 0) is 64.9 Å². The van der Waals surface area contributed by atoms with Gasteiger partial charge in [-0.15, -0.1) is 0 Å². The van der Waals surface area contributed by atoms with Gasteiger partial charge >= 0.3 is 0 Å². The average Bonchev–Trinajstić information content (AvgIpc) is 3.61. The first-order valence-corrected chi connectivity index (χ1v) is 10.5. The van der Waals surface area contributed by atoms with E-state index in [1.54, 1.807) is 12.1 Å². The number of phenols is 1. The van der Waals surface area contributed by atoms with E-state index in [1.807, 2.05) is 36.5 Å². The molecule has 5 heteroatoms. The number of hydrogen-bond acceptors (Lipinski definition) is 4. The lowest BCUT2D eigenvalue weighted by atomic mass is 9.87. The van der Waals surface area contributed by atoms with Gasteiger partial charge in [0.2, 0.25) is 0 Å². The molecule has 0 amide bonds. The number of aromatic hydroxyl groups is 1. The molecule has 1 N–H and O–H groups in total. The van der Waals surface area contributed by atoms with Crippen LogP contribution in [0.4, 0.5) is 0 Å². The molecule has 0 atom stereocenters. The summed E-state index contributed by atoms with van der Waals surface area (Å²) in [7, 11) is 1.49.